The van der Waals surface area contributed by atoms with Crippen LogP contribution in [-0.2, 0) is 0 Å². The Bertz CT molecular complexity index is 1040. The van der Waals surface area contributed by atoms with Crippen molar-refractivity contribution in [2.24, 2.45) is 0 Å². The first kappa shape index (κ1) is 18.2. The van der Waals surface area contributed by atoms with Gasteiger partial charge in [-0.2, -0.15) is 0 Å². The molecule has 0 aliphatic carbocycles. The minimum Gasteiger partial charge on any atom is -0.495 e. The number of benzene rings is 2. The van der Waals surface area contributed by atoms with Gasteiger partial charge in [-0.25, -0.2) is 0 Å². The molecule has 0 spiro atoms. The number of anilines is 2. The molecule has 7 heteroatoms. The van der Waals surface area contributed by atoms with Gasteiger partial charge in [0.05, 0.1) is 18.5 Å². The molecule has 0 fully saturated rings. The van der Waals surface area contributed by atoms with Crippen molar-refractivity contribution in [1.29, 1.82) is 0 Å². The van der Waals surface area contributed by atoms with Gasteiger partial charge in [0.1, 0.15) is 16.4 Å². The van der Waals surface area contributed by atoms with E-state index < -0.39 is 0 Å². The second-order valence-corrected chi connectivity index (χ2v) is 7.51. The van der Waals surface area contributed by atoms with E-state index in [0.29, 0.717) is 26.1 Å². The van der Waals surface area contributed by atoms with Crippen LogP contribution in [0.15, 0.2) is 42.5 Å². The number of amides is 1. The number of carbonyl (C=O) groups is 1. The predicted octanol–water partition coefficient (Wildman–Crippen LogP) is 4.73. The van der Waals surface area contributed by atoms with E-state index in [4.69, 9.17) is 22.7 Å². The first-order valence-electron chi connectivity index (χ1n) is 7.95. The Morgan fingerprint density at radius 3 is 2.69 bits per heavy atom. The molecule has 3 rings (SSSR count). The summed E-state index contributed by atoms with van der Waals surface area (Å²) in [6.07, 6.45) is 0. The third-order valence-corrected chi connectivity index (χ3v) is 5.40. The van der Waals surface area contributed by atoms with Crippen molar-refractivity contribution >= 4 is 41.0 Å². The molecule has 134 valence electrons. The molecular formula is C19H19N3O2S2. The molecule has 0 saturated heterocycles. The molecule has 2 aromatic carbocycles. The smallest absolute Gasteiger partial charge is 0.269 e. The summed E-state index contributed by atoms with van der Waals surface area (Å²) in [6, 6.07) is 13.3. The van der Waals surface area contributed by atoms with Gasteiger partial charge >= 0.3 is 0 Å². The summed E-state index contributed by atoms with van der Waals surface area (Å²) in [6.45, 7) is 3.99. The van der Waals surface area contributed by atoms with Crippen LogP contribution in [0.25, 0.3) is 5.69 Å². The van der Waals surface area contributed by atoms with Crippen molar-refractivity contribution in [3.63, 3.8) is 0 Å². The molecule has 0 aliphatic heterocycles. The fraction of sp³-hybridized carbons (Fsp3) is 0.158. The number of nitrogens with two attached hydrogens (primary N) is 1. The van der Waals surface area contributed by atoms with Gasteiger partial charge in [-0.1, -0.05) is 35.6 Å². The van der Waals surface area contributed by atoms with Gasteiger partial charge < -0.3 is 15.8 Å². The van der Waals surface area contributed by atoms with Crippen LogP contribution in [0.2, 0.25) is 0 Å². The standard InChI is InChI=1S/C19H19N3O2S2/c1-11-8-9-12(2)14(10-11)22-17(20)16(26-19(22)25)18(23)21-13-6-4-5-7-15(13)24-3/h4-10H,20H2,1-3H3,(H,21,23). The first-order valence-corrected chi connectivity index (χ1v) is 9.18. The number of thiazole rings is 1. The van der Waals surface area contributed by atoms with E-state index in [1.165, 1.54) is 11.3 Å². The Morgan fingerprint density at radius 2 is 1.96 bits per heavy atom. The maximum absolute atomic E-state index is 12.8. The molecule has 0 atom stereocenters. The average Bonchev–Trinajstić information content (AvgIpc) is 2.92. The van der Waals surface area contributed by atoms with Gasteiger partial charge in [0, 0.05) is 0 Å². The highest BCUT2D eigenvalue weighted by atomic mass is 32.1. The van der Waals surface area contributed by atoms with Gasteiger partial charge in [0.25, 0.3) is 5.91 Å². The number of methoxy groups -OCH3 is 1. The lowest BCUT2D eigenvalue weighted by Gasteiger charge is -2.11. The summed E-state index contributed by atoms with van der Waals surface area (Å²) < 4.78 is 7.55. The summed E-state index contributed by atoms with van der Waals surface area (Å²) in [5.74, 6) is 0.602. The molecule has 3 aromatic rings. The maximum atomic E-state index is 12.8. The second kappa shape index (κ2) is 7.31. The molecule has 5 nitrogen and oxygen atoms in total. The maximum Gasteiger partial charge on any atom is 0.269 e. The second-order valence-electron chi connectivity index (χ2n) is 5.86. The molecule has 3 N–H and O–H groups in total. The fourth-order valence-electron chi connectivity index (χ4n) is 2.66. The predicted molar refractivity (Wildman–Crippen MR) is 109 cm³/mol. The summed E-state index contributed by atoms with van der Waals surface area (Å²) in [7, 11) is 1.56. The summed E-state index contributed by atoms with van der Waals surface area (Å²) >= 11 is 6.67. The van der Waals surface area contributed by atoms with Crippen LogP contribution in [0.3, 0.4) is 0 Å². The van der Waals surface area contributed by atoms with Gasteiger partial charge in [-0.3, -0.25) is 9.36 Å². The zero-order chi connectivity index (χ0) is 18.8. The van der Waals surface area contributed by atoms with E-state index in [9.17, 15) is 4.79 Å². The number of hydrogen-bond donors (Lipinski definition) is 2. The van der Waals surface area contributed by atoms with Crippen molar-refractivity contribution < 1.29 is 9.53 Å². The van der Waals surface area contributed by atoms with E-state index in [2.05, 4.69) is 5.32 Å². The minimum absolute atomic E-state index is 0.313. The topological polar surface area (TPSA) is 69.3 Å². The van der Waals surface area contributed by atoms with Crippen LogP contribution in [0, 0.1) is 17.8 Å². The lowest BCUT2D eigenvalue weighted by Crippen LogP contribution is -2.14. The molecule has 0 bridgehead atoms. The van der Waals surface area contributed by atoms with E-state index in [1.54, 1.807) is 23.8 Å². The van der Waals surface area contributed by atoms with Gasteiger partial charge in [-0.05, 0) is 55.4 Å². The molecule has 0 saturated carbocycles. The summed E-state index contributed by atoms with van der Waals surface area (Å²) in [4.78, 5) is 13.1. The van der Waals surface area contributed by atoms with Crippen molar-refractivity contribution in [2.75, 3.05) is 18.2 Å². The van der Waals surface area contributed by atoms with Crippen molar-refractivity contribution in [2.45, 2.75) is 13.8 Å². The van der Waals surface area contributed by atoms with E-state index in [0.717, 1.165) is 16.8 Å². The third-order valence-electron chi connectivity index (χ3n) is 4.01. The Balaban J connectivity index is 2.01. The molecule has 26 heavy (non-hydrogen) atoms. The van der Waals surface area contributed by atoms with Gasteiger partial charge in [0.2, 0.25) is 0 Å². The van der Waals surface area contributed by atoms with E-state index in [-0.39, 0.29) is 5.91 Å². The molecule has 1 aromatic heterocycles. The van der Waals surface area contributed by atoms with Crippen molar-refractivity contribution in [1.82, 2.24) is 4.57 Å². The molecular weight excluding hydrogens is 366 g/mol. The number of ether oxygens (including phenoxy) is 1. The Labute approximate surface area is 161 Å². The zero-order valence-electron chi connectivity index (χ0n) is 14.7. The SMILES string of the molecule is COc1ccccc1NC(=O)c1sc(=S)n(-c2cc(C)ccc2C)c1N. The number of aryl methyl sites for hydroxylation is 2. The number of para-hydroxylation sites is 2. The van der Waals surface area contributed by atoms with Crippen molar-refractivity contribution in [3.8, 4) is 11.4 Å². The van der Waals surface area contributed by atoms with E-state index >= 15 is 0 Å². The molecule has 1 amide bonds. The Hall–Kier alpha value is -2.64. The lowest BCUT2D eigenvalue weighted by molar-refractivity contribution is 0.103. The number of nitrogen functional groups attached to an aromatic ring is 1. The lowest BCUT2D eigenvalue weighted by atomic mass is 10.1. The molecule has 0 aliphatic rings. The van der Waals surface area contributed by atoms with Crippen molar-refractivity contribution in [3.05, 3.63) is 62.4 Å². The van der Waals surface area contributed by atoms with E-state index in [1.807, 2.05) is 44.2 Å². The number of hydrogen-bond acceptors (Lipinski definition) is 5. The van der Waals surface area contributed by atoms with Crippen LogP contribution in [0.4, 0.5) is 11.5 Å². The highest BCUT2D eigenvalue weighted by molar-refractivity contribution is 7.73. The van der Waals surface area contributed by atoms with Gasteiger partial charge in [0.15, 0.2) is 3.95 Å². The monoisotopic (exact) mass is 385 g/mol. The fourth-order valence-corrected chi connectivity index (χ4v) is 3.91. The molecule has 0 radical (unpaired) electrons. The van der Waals surface area contributed by atoms with Crippen LogP contribution in [0.1, 0.15) is 20.8 Å². The van der Waals surface area contributed by atoms with Crippen LogP contribution in [-0.4, -0.2) is 17.6 Å². The first-order chi connectivity index (χ1) is 12.4. The number of rotatable bonds is 4. The average molecular weight is 386 g/mol. The summed E-state index contributed by atoms with van der Waals surface area (Å²) in [5, 5.41) is 2.84. The molecule has 0 unspecified atom stereocenters. The highest BCUT2D eigenvalue weighted by Crippen LogP contribution is 2.30. The number of nitrogens with zero attached hydrogens (tertiary/aromatic N) is 1. The van der Waals surface area contributed by atoms with Crippen LogP contribution >= 0.6 is 23.6 Å². The Kier molecular flexibility index (Phi) is 5.11. The largest absolute Gasteiger partial charge is 0.495 e. The number of aromatic nitrogens is 1. The zero-order valence-corrected chi connectivity index (χ0v) is 16.3. The summed E-state index contributed by atoms with van der Waals surface area (Å²) in [5.41, 5.74) is 9.90. The number of nitrogens with one attached hydrogen (secondary N) is 1. The quantitative estimate of drug-likeness (QED) is 0.637. The van der Waals surface area contributed by atoms with Crippen LogP contribution in [0.5, 0.6) is 5.75 Å². The Morgan fingerprint density at radius 1 is 1.23 bits per heavy atom. The van der Waals surface area contributed by atoms with Crippen LogP contribution < -0.4 is 15.8 Å². The number of carbonyl (C=O) groups excluding carboxylic acids is 1. The molecule has 1 heterocycles. The normalized spacial score (nSPS) is 10.6. The minimum atomic E-state index is -0.313. The highest BCUT2D eigenvalue weighted by Gasteiger charge is 2.20. The van der Waals surface area contributed by atoms with Gasteiger partial charge in [-0.15, -0.1) is 0 Å². The third kappa shape index (κ3) is 3.36.